The summed E-state index contributed by atoms with van der Waals surface area (Å²) < 4.78 is 0.984. The zero-order chi connectivity index (χ0) is 14.1. The molecule has 3 rings (SSSR count). The fraction of sp³-hybridized carbons (Fsp3) is 0.429. The number of carbonyl (C=O) groups excluding carboxylic acids is 1. The lowest BCUT2D eigenvalue weighted by molar-refractivity contribution is -0.119. The number of piperidine rings is 1. The summed E-state index contributed by atoms with van der Waals surface area (Å²) in [7, 11) is 0. The summed E-state index contributed by atoms with van der Waals surface area (Å²) in [6, 6.07) is 5.42. The molecule has 1 amide bonds. The molecule has 0 aliphatic carbocycles. The van der Waals surface area contributed by atoms with Crippen LogP contribution in [0.25, 0.3) is 10.2 Å². The minimum atomic E-state index is -0.116. The Labute approximate surface area is 126 Å². The van der Waals surface area contributed by atoms with Gasteiger partial charge in [-0.3, -0.25) is 4.79 Å². The Morgan fingerprint density at radius 2 is 2.40 bits per heavy atom. The lowest BCUT2D eigenvalue weighted by Crippen LogP contribution is -2.45. The van der Waals surface area contributed by atoms with Crippen molar-refractivity contribution in [2.24, 2.45) is 5.92 Å². The Hall–Kier alpha value is -1.17. The van der Waals surface area contributed by atoms with Crippen molar-refractivity contribution in [3.63, 3.8) is 0 Å². The number of anilines is 1. The second kappa shape index (κ2) is 5.68. The quantitative estimate of drug-likeness (QED) is 0.895. The first-order chi connectivity index (χ1) is 9.61. The second-order valence-electron chi connectivity index (χ2n) is 5.26. The highest BCUT2D eigenvalue weighted by molar-refractivity contribution is 7.22. The maximum atomic E-state index is 12.2. The van der Waals surface area contributed by atoms with Gasteiger partial charge in [-0.1, -0.05) is 29.9 Å². The molecule has 6 heteroatoms. The minimum absolute atomic E-state index is 0.00158. The number of benzene rings is 1. The van der Waals surface area contributed by atoms with E-state index in [-0.39, 0.29) is 11.9 Å². The van der Waals surface area contributed by atoms with Crippen molar-refractivity contribution in [3.8, 4) is 0 Å². The van der Waals surface area contributed by atoms with E-state index in [9.17, 15) is 4.79 Å². The summed E-state index contributed by atoms with van der Waals surface area (Å²) in [5.74, 6) is 0.586. The van der Waals surface area contributed by atoms with Crippen LogP contribution in [-0.4, -0.2) is 23.5 Å². The Balaban J connectivity index is 1.73. The third-order valence-corrected chi connectivity index (χ3v) is 4.73. The standard InChI is InChI=1S/C14H16ClN3OS/c1-8-4-5-16-11(6-8)13(19)18-14-17-10-3-2-9(15)7-12(10)20-14/h2-3,7-8,11,16H,4-6H2,1H3,(H,17,18,19). The lowest BCUT2D eigenvalue weighted by Gasteiger charge is -2.26. The number of halogens is 1. The maximum absolute atomic E-state index is 12.2. The Morgan fingerprint density at radius 1 is 1.55 bits per heavy atom. The zero-order valence-electron chi connectivity index (χ0n) is 11.1. The average molecular weight is 310 g/mol. The van der Waals surface area contributed by atoms with Gasteiger partial charge in [0.1, 0.15) is 0 Å². The van der Waals surface area contributed by atoms with Gasteiger partial charge < -0.3 is 10.6 Å². The number of amides is 1. The topological polar surface area (TPSA) is 54.0 Å². The van der Waals surface area contributed by atoms with Gasteiger partial charge in [-0.15, -0.1) is 0 Å². The van der Waals surface area contributed by atoms with Gasteiger partial charge in [0.15, 0.2) is 5.13 Å². The zero-order valence-corrected chi connectivity index (χ0v) is 12.7. The van der Waals surface area contributed by atoms with E-state index in [1.807, 2.05) is 12.1 Å². The van der Waals surface area contributed by atoms with E-state index in [0.29, 0.717) is 16.1 Å². The molecular weight excluding hydrogens is 294 g/mol. The molecule has 20 heavy (non-hydrogen) atoms. The van der Waals surface area contributed by atoms with Crippen LogP contribution in [0.2, 0.25) is 5.02 Å². The molecule has 1 aliphatic rings. The third kappa shape index (κ3) is 2.95. The van der Waals surface area contributed by atoms with E-state index in [1.165, 1.54) is 11.3 Å². The van der Waals surface area contributed by atoms with Gasteiger partial charge in [0, 0.05) is 5.02 Å². The lowest BCUT2D eigenvalue weighted by atomic mass is 9.94. The molecule has 106 valence electrons. The van der Waals surface area contributed by atoms with Crippen LogP contribution in [-0.2, 0) is 4.79 Å². The highest BCUT2D eigenvalue weighted by atomic mass is 35.5. The van der Waals surface area contributed by atoms with E-state index in [0.717, 1.165) is 29.6 Å². The molecule has 0 spiro atoms. The summed E-state index contributed by atoms with van der Waals surface area (Å²) in [5.41, 5.74) is 0.861. The number of nitrogens with one attached hydrogen (secondary N) is 2. The Bertz CT molecular complexity index is 642. The summed E-state index contributed by atoms with van der Waals surface area (Å²) >= 11 is 7.40. The number of rotatable bonds is 2. The SMILES string of the molecule is CC1CCNC(C(=O)Nc2nc3ccc(Cl)cc3s2)C1. The summed E-state index contributed by atoms with van der Waals surface area (Å²) in [4.78, 5) is 16.6. The number of nitrogens with zero attached hydrogens (tertiary/aromatic N) is 1. The average Bonchev–Trinajstić information content (AvgIpc) is 2.80. The summed E-state index contributed by atoms with van der Waals surface area (Å²) in [6.45, 7) is 3.08. The number of carbonyl (C=O) groups is 1. The number of hydrogen-bond acceptors (Lipinski definition) is 4. The van der Waals surface area contributed by atoms with Crippen LogP contribution in [0.4, 0.5) is 5.13 Å². The monoisotopic (exact) mass is 309 g/mol. The van der Waals surface area contributed by atoms with Crippen LogP contribution >= 0.6 is 22.9 Å². The van der Waals surface area contributed by atoms with Crippen molar-refractivity contribution < 1.29 is 4.79 Å². The van der Waals surface area contributed by atoms with Crippen molar-refractivity contribution in [3.05, 3.63) is 23.2 Å². The van der Waals surface area contributed by atoms with Crippen molar-refractivity contribution in [1.82, 2.24) is 10.3 Å². The van der Waals surface area contributed by atoms with E-state index in [2.05, 4.69) is 22.5 Å². The Morgan fingerprint density at radius 3 is 3.20 bits per heavy atom. The third-order valence-electron chi connectivity index (χ3n) is 3.56. The molecule has 4 nitrogen and oxygen atoms in total. The summed E-state index contributed by atoms with van der Waals surface area (Å²) in [5, 5.41) is 7.47. The van der Waals surface area contributed by atoms with Gasteiger partial charge >= 0.3 is 0 Å². The first-order valence-electron chi connectivity index (χ1n) is 6.72. The molecule has 2 unspecified atom stereocenters. The molecule has 1 aliphatic heterocycles. The number of aromatic nitrogens is 1. The molecule has 0 radical (unpaired) electrons. The molecule has 1 aromatic heterocycles. The molecule has 0 saturated carbocycles. The first kappa shape index (κ1) is 13.8. The van der Waals surface area contributed by atoms with E-state index in [4.69, 9.17) is 11.6 Å². The smallest absolute Gasteiger partial charge is 0.243 e. The molecule has 1 fully saturated rings. The van der Waals surface area contributed by atoms with Crippen LogP contribution in [0.15, 0.2) is 18.2 Å². The fourth-order valence-corrected chi connectivity index (χ4v) is 3.60. The van der Waals surface area contributed by atoms with Crippen LogP contribution in [0.3, 0.4) is 0 Å². The predicted octanol–water partition coefficient (Wildman–Crippen LogP) is 3.28. The molecule has 0 bridgehead atoms. The normalized spacial score (nSPS) is 22.9. The van der Waals surface area contributed by atoms with E-state index >= 15 is 0 Å². The second-order valence-corrected chi connectivity index (χ2v) is 6.72. The van der Waals surface area contributed by atoms with Gasteiger partial charge in [-0.25, -0.2) is 4.98 Å². The molecular formula is C14H16ClN3OS. The van der Waals surface area contributed by atoms with Crippen LogP contribution in [0.1, 0.15) is 19.8 Å². The molecule has 2 N–H and O–H groups in total. The van der Waals surface area contributed by atoms with Gasteiger partial charge in [-0.2, -0.15) is 0 Å². The first-order valence-corrected chi connectivity index (χ1v) is 7.91. The molecule has 1 aromatic carbocycles. The van der Waals surface area contributed by atoms with Crippen LogP contribution in [0.5, 0.6) is 0 Å². The highest BCUT2D eigenvalue weighted by Gasteiger charge is 2.25. The Kier molecular flexibility index (Phi) is 3.92. The number of thiazole rings is 1. The molecule has 2 atom stereocenters. The van der Waals surface area contributed by atoms with Crippen molar-refractivity contribution in [2.75, 3.05) is 11.9 Å². The predicted molar refractivity (Wildman–Crippen MR) is 83.4 cm³/mol. The van der Waals surface area contributed by atoms with E-state index < -0.39 is 0 Å². The fourth-order valence-electron chi connectivity index (χ4n) is 2.45. The molecule has 2 heterocycles. The van der Waals surface area contributed by atoms with Crippen molar-refractivity contribution >= 4 is 44.2 Å². The number of fused-ring (bicyclic) bond motifs is 1. The molecule has 2 aromatic rings. The van der Waals surface area contributed by atoms with Gasteiger partial charge in [0.05, 0.1) is 16.3 Å². The van der Waals surface area contributed by atoms with E-state index in [1.54, 1.807) is 6.07 Å². The van der Waals surface area contributed by atoms with Gasteiger partial charge in [0.2, 0.25) is 5.91 Å². The van der Waals surface area contributed by atoms with Gasteiger partial charge in [-0.05, 0) is 43.5 Å². The van der Waals surface area contributed by atoms with Gasteiger partial charge in [0.25, 0.3) is 0 Å². The van der Waals surface area contributed by atoms with Crippen molar-refractivity contribution in [2.45, 2.75) is 25.8 Å². The largest absolute Gasteiger partial charge is 0.306 e. The number of hydrogen-bond donors (Lipinski definition) is 2. The van der Waals surface area contributed by atoms with Crippen molar-refractivity contribution in [1.29, 1.82) is 0 Å². The maximum Gasteiger partial charge on any atom is 0.243 e. The summed E-state index contributed by atoms with van der Waals surface area (Å²) in [6.07, 6.45) is 2.01. The minimum Gasteiger partial charge on any atom is -0.306 e. The molecule has 1 saturated heterocycles. The van der Waals surface area contributed by atoms with Crippen LogP contribution < -0.4 is 10.6 Å². The van der Waals surface area contributed by atoms with Crippen LogP contribution in [0, 0.1) is 5.92 Å². The highest BCUT2D eigenvalue weighted by Crippen LogP contribution is 2.28.